The minimum absolute atomic E-state index is 0.809. The fourth-order valence-electron chi connectivity index (χ4n) is 2.20. The van der Waals surface area contributed by atoms with E-state index in [4.69, 9.17) is 5.73 Å². The third-order valence-electron chi connectivity index (χ3n) is 3.13. The Bertz CT molecular complexity index is 156. The first kappa shape index (κ1) is 9.44. The Morgan fingerprint density at radius 3 is 2.62 bits per heavy atom. The smallest absolute Gasteiger partial charge is 0.0112 e. The summed E-state index contributed by atoms with van der Waals surface area (Å²) < 4.78 is 0. The van der Waals surface area contributed by atoms with Crippen LogP contribution >= 0.6 is 0 Å². The summed E-state index contributed by atoms with van der Waals surface area (Å²) in [5.74, 6) is 0. The second-order valence-corrected chi connectivity index (χ2v) is 4.25. The maximum atomic E-state index is 5.56. The zero-order valence-electron chi connectivity index (χ0n) is 8.41. The Balaban J connectivity index is 1.75. The van der Waals surface area contributed by atoms with Gasteiger partial charge in [0.1, 0.15) is 0 Å². The Morgan fingerprint density at radius 2 is 1.92 bits per heavy atom. The van der Waals surface area contributed by atoms with Crippen molar-refractivity contribution in [1.82, 2.24) is 9.80 Å². The summed E-state index contributed by atoms with van der Waals surface area (Å²) in [6.07, 6.45) is 4.21. The topological polar surface area (TPSA) is 32.5 Å². The third-order valence-corrected chi connectivity index (χ3v) is 3.13. The molecule has 0 atom stereocenters. The number of nitrogens with two attached hydrogens (primary N) is 1. The number of rotatable bonds is 3. The highest BCUT2D eigenvalue weighted by molar-refractivity contribution is 4.86. The Kier molecular flexibility index (Phi) is 3.19. The molecule has 2 N–H and O–H groups in total. The predicted molar refractivity (Wildman–Crippen MR) is 54.7 cm³/mol. The van der Waals surface area contributed by atoms with E-state index in [-0.39, 0.29) is 0 Å². The van der Waals surface area contributed by atoms with Crippen molar-refractivity contribution in [3.8, 4) is 0 Å². The highest BCUT2D eigenvalue weighted by Crippen LogP contribution is 2.27. The molecule has 0 bridgehead atoms. The van der Waals surface area contributed by atoms with E-state index in [1.807, 2.05) is 0 Å². The molecule has 3 nitrogen and oxygen atoms in total. The zero-order valence-corrected chi connectivity index (χ0v) is 8.41. The van der Waals surface area contributed by atoms with Crippen molar-refractivity contribution in [3.05, 3.63) is 0 Å². The van der Waals surface area contributed by atoms with Gasteiger partial charge in [-0.05, 0) is 32.4 Å². The maximum absolute atomic E-state index is 5.56. The van der Waals surface area contributed by atoms with Crippen LogP contribution in [0.1, 0.15) is 19.3 Å². The van der Waals surface area contributed by atoms with Crippen molar-refractivity contribution < 1.29 is 0 Å². The van der Waals surface area contributed by atoms with E-state index in [1.165, 1.54) is 45.4 Å². The SMILES string of the molecule is NCCN1CCCN(C2CC2)CC1. The van der Waals surface area contributed by atoms with E-state index in [0.717, 1.165) is 19.1 Å². The molecule has 1 heterocycles. The van der Waals surface area contributed by atoms with Gasteiger partial charge in [-0.25, -0.2) is 0 Å². The van der Waals surface area contributed by atoms with Crippen molar-refractivity contribution >= 4 is 0 Å². The summed E-state index contributed by atoms with van der Waals surface area (Å²) in [7, 11) is 0. The van der Waals surface area contributed by atoms with Crippen LogP contribution in [0.5, 0.6) is 0 Å². The van der Waals surface area contributed by atoms with Gasteiger partial charge in [0.25, 0.3) is 0 Å². The van der Waals surface area contributed by atoms with Gasteiger partial charge in [-0.2, -0.15) is 0 Å². The molecule has 2 rings (SSSR count). The summed E-state index contributed by atoms with van der Waals surface area (Å²) in [4.78, 5) is 5.17. The first-order valence-electron chi connectivity index (χ1n) is 5.56. The highest BCUT2D eigenvalue weighted by Gasteiger charge is 2.29. The second kappa shape index (κ2) is 4.40. The van der Waals surface area contributed by atoms with E-state index in [9.17, 15) is 0 Å². The molecule has 1 aliphatic heterocycles. The minimum atomic E-state index is 0.809. The molecule has 0 aromatic rings. The van der Waals surface area contributed by atoms with E-state index in [1.54, 1.807) is 0 Å². The van der Waals surface area contributed by atoms with Gasteiger partial charge in [-0.15, -0.1) is 0 Å². The van der Waals surface area contributed by atoms with E-state index >= 15 is 0 Å². The molecule has 0 aromatic carbocycles. The molecule has 1 saturated carbocycles. The van der Waals surface area contributed by atoms with E-state index in [0.29, 0.717) is 0 Å². The highest BCUT2D eigenvalue weighted by atomic mass is 15.2. The van der Waals surface area contributed by atoms with Crippen LogP contribution in [0.3, 0.4) is 0 Å². The largest absolute Gasteiger partial charge is 0.329 e. The third kappa shape index (κ3) is 2.66. The lowest BCUT2D eigenvalue weighted by atomic mass is 10.4. The fraction of sp³-hybridized carbons (Fsp3) is 1.00. The summed E-state index contributed by atoms with van der Waals surface area (Å²) in [5.41, 5.74) is 5.56. The molecule has 1 aliphatic carbocycles. The quantitative estimate of drug-likeness (QED) is 0.674. The van der Waals surface area contributed by atoms with Crippen LogP contribution in [0.15, 0.2) is 0 Å². The lowest BCUT2D eigenvalue weighted by molar-refractivity contribution is 0.253. The molecule has 0 spiro atoms. The standard InChI is InChI=1S/C10H21N3/c11-4-7-12-5-1-6-13(9-8-12)10-2-3-10/h10H,1-9,11H2. The lowest BCUT2D eigenvalue weighted by Crippen LogP contribution is -2.34. The summed E-state index contributed by atoms with van der Waals surface area (Å²) in [6, 6.07) is 0.942. The molecule has 0 radical (unpaired) electrons. The van der Waals surface area contributed by atoms with Crippen molar-refractivity contribution in [2.45, 2.75) is 25.3 Å². The second-order valence-electron chi connectivity index (χ2n) is 4.25. The predicted octanol–water partition coefficient (Wildman–Crippen LogP) is 0.115. The molecular formula is C10H21N3. The number of hydrogen-bond acceptors (Lipinski definition) is 3. The van der Waals surface area contributed by atoms with Crippen LogP contribution in [0.25, 0.3) is 0 Å². The van der Waals surface area contributed by atoms with Gasteiger partial charge in [0.2, 0.25) is 0 Å². The number of nitrogens with zero attached hydrogens (tertiary/aromatic N) is 2. The van der Waals surface area contributed by atoms with Crippen LogP contribution in [0.2, 0.25) is 0 Å². The van der Waals surface area contributed by atoms with Crippen LogP contribution in [0.4, 0.5) is 0 Å². The molecule has 13 heavy (non-hydrogen) atoms. The van der Waals surface area contributed by atoms with Crippen molar-refractivity contribution in [3.63, 3.8) is 0 Å². The Morgan fingerprint density at radius 1 is 1.08 bits per heavy atom. The fourth-order valence-corrected chi connectivity index (χ4v) is 2.20. The van der Waals surface area contributed by atoms with Crippen LogP contribution in [-0.2, 0) is 0 Å². The molecule has 0 aromatic heterocycles. The average Bonchev–Trinajstić information content (AvgIpc) is 2.89. The van der Waals surface area contributed by atoms with Crippen LogP contribution < -0.4 is 5.73 Å². The average molecular weight is 183 g/mol. The van der Waals surface area contributed by atoms with E-state index in [2.05, 4.69) is 9.80 Å². The van der Waals surface area contributed by atoms with Gasteiger partial charge < -0.3 is 10.6 Å². The molecule has 1 saturated heterocycles. The van der Waals surface area contributed by atoms with Gasteiger partial charge in [0.05, 0.1) is 0 Å². The first-order chi connectivity index (χ1) is 6.40. The van der Waals surface area contributed by atoms with Crippen molar-refractivity contribution in [2.24, 2.45) is 5.73 Å². The van der Waals surface area contributed by atoms with Crippen LogP contribution in [-0.4, -0.2) is 55.1 Å². The van der Waals surface area contributed by atoms with E-state index < -0.39 is 0 Å². The van der Waals surface area contributed by atoms with Gasteiger partial charge in [-0.3, -0.25) is 4.90 Å². The summed E-state index contributed by atoms with van der Waals surface area (Å²) >= 11 is 0. The summed E-state index contributed by atoms with van der Waals surface area (Å²) in [6.45, 7) is 6.95. The summed E-state index contributed by atoms with van der Waals surface area (Å²) in [5, 5.41) is 0. The van der Waals surface area contributed by atoms with Crippen molar-refractivity contribution in [1.29, 1.82) is 0 Å². The number of hydrogen-bond donors (Lipinski definition) is 1. The molecular weight excluding hydrogens is 162 g/mol. The molecule has 0 amide bonds. The molecule has 2 aliphatic rings. The lowest BCUT2D eigenvalue weighted by Gasteiger charge is -2.20. The zero-order chi connectivity index (χ0) is 9.10. The van der Waals surface area contributed by atoms with Gasteiger partial charge in [-0.1, -0.05) is 0 Å². The monoisotopic (exact) mass is 183 g/mol. The molecule has 76 valence electrons. The van der Waals surface area contributed by atoms with Gasteiger partial charge in [0.15, 0.2) is 0 Å². The molecule has 0 unspecified atom stereocenters. The normalized spacial score (nSPS) is 27.5. The minimum Gasteiger partial charge on any atom is -0.329 e. The molecule has 3 heteroatoms. The van der Waals surface area contributed by atoms with Crippen LogP contribution in [0, 0.1) is 0 Å². The Labute approximate surface area is 80.9 Å². The van der Waals surface area contributed by atoms with Gasteiger partial charge in [0, 0.05) is 32.2 Å². The Hall–Kier alpha value is -0.120. The maximum Gasteiger partial charge on any atom is 0.0112 e. The van der Waals surface area contributed by atoms with Crippen molar-refractivity contribution in [2.75, 3.05) is 39.3 Å². The first-order valence-corrected chi connectivity index (χ1v) is 5.56. The molecule has 2 fully saturated rings. The van der Waals surface area contributed by atoms with Gasteiger partial charge >= 0.3 is 0 Å².